The summed E-state index contributed by atoms with van der Waals surface area (Å²) in [6, 6.07) is 22.5. The smallest absolute Gasteiger partial charge is 0.238 e. The summed E-state index contributed by atoms with van der Waals surface area (Å²) in [5, 5.41) is 3.16. The number of aromatic nitrogens is 1. The molecule has 3 aromatic rings. The number of nitrogens with one attached hydrogen (secondary N) is 1. The Morgan fingerprint density at radius 1 is 1.07 bits per heavy atom. The molecule has 1 amide bonds. The molecule has 0 saturated heterocycles. The van der Waals surface area contributed by atoms with Crippen LogP contribution in [-0.2, 0) is 11.3 Å². The summed E-state index contributed by atoms with van der Waals surface area (Å²) >= 11 is 6.04. The van der Waals surface area contributed by atoms with Gasteiger partial charge in [0.05, 0.1) is 12.2 Å². The topological polar surface area (TPSA) is 45.2 Å². The van der Waals surface area contributed by atoms with E-state index in [0.29, 0.717) is 17.4 Å². The number of rotatable bonds is 4. The fraction of sp³-hybridized carbons (Fsp3) is 0.182. The molecule has 0 spiro atoms. The molecule has 0 aliphatic carbocycles. The van der Waals surface area contributed by atoms with Crippen molar-refractivity contribution in [3.63, 3.8) is 0 Å². The summed E-state index contributed by atoms with van der Waals surface area (Å²) in [5.74, 6) is 0.169. The molecular weight excluding hydrogens is 358 g/mol. The second-order valence-electron chi connectivity index (χ2n) is 6.72. The summed E-state index contributed by atoms with van der Waals surface area (Å²) < 4.78 is 0. The molecule has 4 rings (SSSR count). The Balaban J connectivity index is 1.53. The average Bonchev–Trinajstić information content (AvgIpc) is 2.70. The number of benzene rings is 2. The Morgan fingerprint density at radius 2 is 1.85 bits per heavy atom. The maximum absolute atomic E-state index is 12.5. The van der Waals surface area contributed by atoms with E-state index in [2.05, 4.69) is 63.7 Å². The van der Waals surface area contributed by atoms with Gasteiger partial charge in [-0.3, -0.25) is 9.69 Å². The van der Waals surface area contributed by atoms with E-state index in [1.54, 1.807) is 18.3 Å². The molecule has 2 heterocycles. The SMILES string of the molecule is O=C(CN1Cc2ccccc2C(c2ccccc2)C1)Nc1cccnc1Cl. The van der Waals surface area contributed by atoms with Crippen LogP contribution in [0.25, 0.3) is 0 Å². The number of carbonyl (C=O) groups excluding carboxylic acids is 1. The van der Waals surface area contributed by atoms with Gasteiger partial charge in [0.2, 0.25) is 5.91 Å². The minimum Gasteiger partial charge on any atom is -0.322 e. The van der Waals surface area contributed by atoms with E-state index in [9.17, 15) is 4.79 Å². The van der Waals surface area contributed by atoms with Crippen molar-refractivity contribution in [2.24, 2.45) is 0 Å². The van der Waals surface area contributed by atoms with Crippen LogP contribution in [-0.4, -0.2) is 28.9 Å². The van der Waals surface area contributed by atoms with E-state index < -0.39 is 0 Å². The van der Waals surface area contributed by atoms with Crippen molar-refractivity contribution in [3.05, 3.63) is 94.8 Å². The maximum atomic E-state index is 12.5. The zero-order valence-corrected chi connectivity index (χ0v) is 15.6. The first-order chi connectivity index (χ1) is 13.2. The molecule has 0 fully saturated rings. The molecule has 4 nitrogen and oxygen atoms in total. The van der Waals surface area contributed by atoms with E-state index in [4.69, 9.17) is 11.6 Å². The Labute approximate surface area is 163 Å². The molecule has 136 valence electrons. The Kier molecular flexibility index (Phi) is 5.19. The highest BCUT2D eigenvalue weighted by atomic mass is 35.5. The number of amides is 1. The number of pyridine rings is 1. The predicted molar refractivity (Wildman–Crippen MR) is 108 cm³/mol. The molecule has 1 N–H and O–H groups in total. The van der Waals surface area contributed by atoms with Gasteiger partial charge in [-0.2, -0.15) is 0 Å². The second-order valence-corrected chi connectivity index (χ2v) is 7.08. The lowest BCUT2D eigenvalue weighted by molar-refractivity contribution is -0.117. The first-order valence-electron chi connectivity index (χ1n) is 8.96. The highest BCUT2D eigenvalue weighted by Crippen LogP contribution is 2.33. The molecule has 0 saturated carbocycles. The summed E-state index contributed by atoms with van der Waals surface area (Å²) in [5.41, 5.74) is 4.42. The summed E-state index contributed by atoms with van der Waals surface area (Å²) in [7, 11) is 0. The molecule has 1 atom stereocenters. The van der Waals surface area contributed by atoms with Crippen molar-refractivity contribution < 1.29 is 4.79 Å². The van der Waals surface area contributed by atoms with E-state index >= 15 is 0 Å². The van der Waals surface area contributed by atoms with Crippen LogP contribution in [0.4, 0.5) is 5.69 Å². The van der Waals surface area contributed by atoms with Crippen LogP contribution in [0.3, 0.4) is 0 Å². The molecule has 0 radical (unpaired) electrons. The largest absolute Gasteiger partial charge is 0.322 e. The normalized spacial score (nSPS) is 16.6. The monoisotopic (exact) mass is 377 g/mol. The van der Waals surface area contributed by atoms with Gasteiger partial charge < -0.3 is 5.32 Å². The molecule has 1 unspecified atom stereocenters. The zero-order chi connectivity index (χ0) is 18.6. The van der Waals surface area contributed by atoms with E-state index in [-0.39, 0.29) is 11.8 Å². The molecule has 5 heteroatoms. The number of nitrogens with zero attached hydrogens (tertiary/aromatic N) is 2. The molecule has 1 aliphatic rings. The summed E-state index contributed by atoms with van der Waals surface area (Å²) in [6.45, 7) is 1.87. The van der Waals surface area contributed by atoms with Gasteiger partial charge in [-0.25, -0.2) is 4.98 Å². The van der Waals surface area contributed by atoms with Crippen molar-refractivity contribution in [3.8, 4) is 0 Å². The summed E-state index contributed by atoms with van der Waals surface area (Å²) in [4.78, 5) is 18.7. The van der Waals surface area contributed by atoms with Crippen molar-refractivity contribution in [1.82, 2.24) is 9.88 Å². The van der Waals surface area contributed by atoms with Crippen molar-refractivity contribution in [2.45, 2.75) is 12.5 Å². The molecule has 1 aliphatic heterocycles. The molecule has 0 bridgehead atoms. The fourth-order valence-electron chi connectivity index (χ4n) is 3.64. The fourth-order valence-corrected chi connectivity index (χ4v) is 3.81. The van der Waals surface area contributed by atoms with E-state index in [1.807, 2.05) is 6.07 Å². The Bertz CT molecular complexity index is 945. The number of hydrogen-bond acceptors (Lipinski definition) is 3. The summed E-state index contributed by atoms with van der Waals surface area (Å²) in [6.07, 6.45) is 1.60. The van der Waals surface area contributed by atoms with E-state index in [0.717, 1.165) is 13.1 Å². The lowest BCUT2D eigenvalue weighted by Gasteiger charge is -2.34. The third kappa shape index (κ3) is 4.02. The van der Waals surface area contributed by atoms with Gasteiger partial charge >= 0.3 is 0 Å². The number of fused-ring (bicyclic) bond motifs is 1. The van der Waals surface area contributed by atoms with Crippen molar-refractivity contribution in [1.29, 1.82) is 0 Å². The van der Waals surface area contributed by atoms with Crippen LogP contribution < -0.4 is 5.32 Å². The van der Waals surface area contributed by atoms with Gasteiger partial charge in [0, 0.05) is 25.2 Å². The highest BCUT2D eigenvalue weighted by molar-refractivity contribution is 6.32. The lowest BCUT2D eigenvalue weighted by atomic mass is 9.84. The Hall–Kier alpha value is -2.69. The van der Waals surface area contributed by atoms with Crippen molar-refractivity contribution >= 4 is 23.2 Å². The van der Waals surface area contributed by atoms with Crippen LogP contribution in [0.5, 0.6) is 0 Å². The maximum Gasteiger partial charge on any atom is 0.238 e. The standard InChI is InChI=1S/C22H20ClN3O/c23-22-20(11-6-12-24-22)25-21(27)15-26-13-17-9-4-5-10-18(17)19(14-26)16-7-2-1-3-8-16/h1-12,19H,13-15H2,(H,25,27). The van der Waals surface area contributed by atoms with Gasteiger partial charge in [0.25, 0.3) is 0 Å². The van der Waals surface area contributed by atoms with Gasteiger partial charge in [-0.15, -0.1) is 0 Å². The lowest BCUT2D eigenvalue weighted by Crippen LogP contribution is -2.39. The number of hydrogen-bond donors (Lipinski definition) is 1. The molecule has 2 aromatic carbocycles. The first-order valence-corrected chi connectivity index (χ1v) is 9.34. The van der Waals surface area contributed by atoms with Gasteiger partial charge in [-0.05, 0) is 28.8 Å². The molecule has 1 aromatic heterocycles. The van der Waals surface area contributed by atoms with Crippen LogP contribution >= 0.6 is 11.6 Å². The zero-order valence-electron chi connectivity index (χ0n) is 14.8. The molecule has 27 heavy (non-hydrogen) atoms. The minimum absolute atomic E-state index is 0.0870. The highest BCUT2D eigenvalue weighted by Gasteiger charge is 2.27. The predicted octanol–water partition coefficient (Wildman–Crippen LogP) is 4.32. The van der Waals surface area contributed by atoms with Crippen LogP contribution in [0.1, 0.15) is 22.6 Å². The van der Waals surface area contributed by atoms with Gasteiger partial charge in [0.1, 0.15) is 0 Å². The Morgan fingerprint density at radius 3 is 2.67 bits per heavy atom. The van der Waals surface area contributed by atoms with Gasteiger partial charge in [0.15, 0.2) is 5.15 Å². The van der Waals surface area contributed by atoms with E-state index in [1.165, 1.54) is 16.7 Å². The van der Waals surface area contributed by atoms with Crippen LogP contribution in [0, 0.1) is 0 Å². The third-order valence-corrected chi connectivity index (χ3v) is 5.17. The number of anilines is 1. The van der Waals surface area contributed by atoms with Crippen molar-refractivity contribution in [2.75, 3.05) is 18.4 Å². The second kappa shape index (κ2) is 7.91. The minimum atomic E-state index is -0.0870. The number of carbonyl (C=O) groups is 1. The van der Waals surface area contributed by atoms with Crippen LogP contribution in [0.15, 0.2) is 72.9 Å². The molecular formula is C22H20ClN3O. The average molecular weight is 378 g/mol. The van der Waals surface area contributed by atoms with Gasteiger partial charge in [-0.1, -0.05) is 66.2 Å². The van der Waals surface area contributed by atoms with Crippen LogP contribution in [0.2, 0.25) is 5.15 Å². The number of halogens is 1. The quantitative estimate of drug-likeness (QED) is 0.688. The first kappa shape index (κ1) is 17.7. The third-order valence-electron chi connectivity index (χ3n) is 4.87.